The van der Waals surface area contributed by atoms with Gasteiger partial charge >= 0.3 is 0 Å². The molecule has 3 rings (SSSR count). The summed E-state index contributed by atoms with van der Waals surface area (Å²) >= 11 is 0. The van der Waals surface area contributed by atoms with Crippen LogP contribution in [0, 0.1) is 10.1 Å². The molecule has 132 valence electrons. The summed E-state index contributed by atoms with van der Waals surface area (Å²) in [5.74, 6) is -0.410. The van der Waals surface area contributed by atoms with Crippen molar-refractivity contribution in [2.75, 3.05) is 12.1 Å². The largest absolute Gasteiger partial charge is 0.454 e. The van der Waals surface area contributed by atoms with Crippen LogP contribution in [-0.2, 0) is 4.79 Å². The van der Waals surface area contributed by atoms with E-state index in [1.165, 1.54) is 42.5 Å². The minimum absolute atomic E-state index is 0.0125. The van der Waals surface area contributed by atoms with Crippen molar-refractivity contribution in [1.82, 2.24) is 0 Å². The average Bonchev–Trinajstić information content (AvgIpc) is 3.06. The van der Waals surface area contributed by atoms with E-state index in [1.807, 2.05) is 0 Å². The molecule has 2 amide bonds. The first-order chi connectivity index (χ1) is 12.4. The van der Waals surface area contributed by atoms with Crippen molar-refractivity contribution in [2.24, 2.45) is 5.73 Å². The van der Waals surface area contributed by atoms with E-state index in [0.717, 1.165) is 6.08 Å². The number of nitrogens with two attached hydrogens (primary N) is 1. The number of nitro benzene ring substituents is 1. The fourth-order valence-electron chi connectivity index (χ4n) is 2.31. The zero-order valence-corrected chi connectivity index (χ0v) is 13.3. The van der Waals surface area contributed by atoms with Gasteiger partial charge < -0.3 is 20.5 Å². The predicted octanol–water partition coefficient (Wildman–Crippen LogP) is 2.07. The molecule has 0 saturated carbocycles. The Hall–Kier alpha value is -3.88. The lowest BCUT2D eigenvalue weighted by Gasteiger charge is -2.03. The number of amides is 2. The Labute approximate surface area is 147 Å². The van der Waals surface area contributed by atoms with Crippen LogP contribution >= 0.6 is 0 Å². The fourth-order valence-corrected chi connectivity index (χ4v) is 2.31. The standard InChI is InChI=1S/C17H13N3O6/c18-17(22)10-1-4-12(5-2-10)19-16(21)6-3-11-7-14-15(26-9-25-14)8-13(11)20(23)24/h1-8H,9H2,(H2,18,22)(H,19,21)/b6-3+. The lowest BCUT2D eigenvalue weighted by Crippen LogP contribution is -2.11. The molecule has 0 saturated heterocycles. The molecule has 0 fully saturated rings. The number of ether oxygens (including phenoxy) is 2. The highest BCUT2D eigenvalue weighted by atomic mass is 16.7. The summed E-state index contributed by atoms with van der Waals surface area (Å²) < 4.78 is 10.3. The first-order valence-electron chi connectivity index (χ1n) is 7.41. The van der Waals surface area contributed by atoms with E-state index in [0.29, 0.717) is 17.0 Å². The summed E-state index contributed by atoms with van der Waals surface area (Å²) in [4.78, 5) is 33.6. The van der Waals surface area contributed by atoms with Gasteiger partial charge in [-0.1, -0.05) is 0 Å². The van der Waals surface area contributed by atoms with Gasteiger partial charge in [0.25, 0.3) is 5.69 Å². The number of carbonyl (C=O) groups excluding carboxylic acids is 2. The lowest BCUT2D eigenvalue weighted by atomic mass is 10.1. The summed E-state index contributed by atoms with van der Waals surface area (Å²) in [5.41, 5.74) is 5.91. The highest BCUT2D eigenvalue weighted by molar-refractivity contribution is 6.02. The number of nitrogens with zero attached hydrogens (tertiary/aromatic N) is 1. The number of anilines is 1. The number of fused-ring (bicyclic) bond motifs is 1. The number of rotatable bonds is 5. The molecular formula is C17H13N3O6. The van der Waals surface area contributed by atoms with Gasteiger partial charge in [0, 0.05) is 17.3 Å². The molecule has 26 heavy (non-hydrogen) atoms. The Kier molecular flexibility index (Phi) is 4.52. The molecule has 0 aromatic heterocycles. The normalized spacial score (nSPS) is 12.2. The van der Waals surface area contributed by atoms with Crippen LogP contribution in [-0.4, -0.2) is 23.5 Å². The zero-order valence-electron chi connectivity index (χ0n) is 13.3. The van der Waals surface area contributed by atoms with Crippen LogP contribution in [0.2, 0.25) is 0 Å². The topological polar surface area (TPSA) is 134 Å². The average molecular weight is 355 g/mol. The second kappa shape index (κ2) is 6.93. The number of carbonyl (C=O) groups is 2. The Bertz CT molecular complexity index is 921. The van der Waals surface area contributed by atoms with Crippen molar-refractivity contribution < 1.29 is 24.0 Å². The Morgan fingerprint density at radius 2 is 1.81 bits per heavy atom. The number of hydrogen-bond acceptors (Lipinski definition) is 6. The monoisotopic (exact) mass is 355 g/mol. The Balaban J connectivity index is 1.76. The van der Waals surface area contributed by atoms with Crippen LogP contribution in [0.4, 0.5) is 11.4 Å². The van der Waals surface area contributed by atoms with E-state index in [2.05, 4.69) is 5.32 Å². The van der Waals surface area contributed by atoms with Crippen LogP contribution in [0.5, 0.6) is 11.5 Å². The number of nitro groups is 1. The van der Waals surface area contributed by atoms with Gasteiger partial charge in [0.15, 0.2) is 11.5 Å². The van der Waals surface area contributed by atoms with Crippen LogP contribution in [0.15, 0.2) is 42.5 Å². The predicted molar refractivity (Wildman–Crippen MR) is 91.8 cm³/mol. The first-order valence-corrected chi connectivity index (χ1v) is 7.41. The third-order valence-corrected chi connectivity index (χ3v) is 3.57. The Morgan fingerprint density at radius 3 is 2.42 bits per heavy atom. The maximum atomic E-state index is 12.0. The smallest absolute Gasteiger partial charge is 0.280 e. The maximum absolute atomic E-state index is 12.0. The second-order valence-electron chi connectivity index (χ2n) is 5.29. The van der Waals surface area contributed by atoms with Crippen LogP contribution < -0.4 is 20.5 Å². The maximum Gasteiger partial charge on any atom is 0.280 e. The number of primary amides is 1. The quantitative estimate of drug-likeness (QED) is 0.479. The molecule has 9 nitrogen and oxygen atoms in total. The van der Waals surface area contributed by atoms with E-state index >= 15 is 0 Å². The van der Waals surface area contributed by atoms with Crippen LogP contribution in [0.25, 0.3) is 6.08 Å². The van der Waals surface area contributed by atoms with Crippen molar-refractivity contribution in [3.8, 4) is 11.5 Å². The molecule has 0 bridgehead atoms. The van der Waals surface area contributed by atoms with Crippen molar-refractivity contribution in [2.45, 2.75) is 0 Å². The van der Waals surface area contributed by atoms with Gasteiger partial charge in [0.1, 0.15) is 0 Å². The van der Waals surface area contributed by atoms with Crippen molar-refractivity contribution in [3.05, 3.63) is 63.7 Å². The second-order valence-corrected chi connectivity index (χ2v) is 5.29. The molecular weight excluding hydrogens is 342 g/mol. The summed E-state index contributed by atoms with van der Waals surface area (Å²) in [6, 6.07) is 8.69. The highest BCUT2D eigenvalue weighted by Crippen LogP contribution is 2.38. The van der Waals surface area contributed by atoms with Crippen molar-refractivity contribution in [1.29, 1.82) is 0 Å². The summed E-state index contributed by atoms with van der Waals surface area (Å²) in [6.07, 6.45) is 2.47. The van der Waals surface area contributed by atoms with Crippen molar-refractivity contribution >= 4 is 29.3 Å². The lowest BCUT2D eigenvalue weighted by molar-refractivity contribution is -0.385. The molecule has 0 atom stereocenters. The third-order valence-electron chi connectivity index (χ3n) is 3.57. The van der Waals surface area contributed by atoms with Gasteiger partial charge in [-0.15, -0.1) is 0 Å². The number of nitrogens with one attached hydrogen (secondary N) is 1. The molecule has 0 radical (unpaired) electrons. The molecule has 2 aromatic rings. The highest BCUT2D eigenvalue weighted by Gasteiger charge is 2.22. The van der Waals surface area contributed by atoms with Crippen LogP contribution in [0.3, 0.4) is 0 Å². The summed E-state index contributed by atoms with van der Waals surface area (Å²) in [7, 11) is 0. The molecule has 2 aromatic carbocycles. The van der Waals surface area contributed by atoms with Gasteiger partial charge in [-0.05, 0) is 36.4 Å². The molecule has 0 unspecified atom stereocenters. The van der Waals surface area contributed by atoms with Crippen molar-refractivity contribution in [3.63, 3.8) is 0 Å². The molecule has 1 aliphatic heterocycles. The van der Waals surface area contributed by atoms with Gasteiger partial charge in [0.2, 0.25) is 18.6 Å². The van der Waals surface area contributed by atoms with E-state index in [4.69, 9.17) is 15.2 Å². The van der Waals surface area contributed by atoms with E-state index in [-0.39, 0.29) is 23.8 Å². The Morgan fingerprint density at radius 1 is 1.15 bits per heavy atom. The third kappa shape index (κ3) is 3.61. The minimum Gasteiger partial charge on any atom is -0.454 e. The van der Waals surface area contributed by atoms with Gasteiger partial charge in [-0.25, -0.2) is 0 Å². The minimum atomic E-state index is -0.571. The first kappa shape index (κ1) is 17.0. The van der Waals surface area contributed by atoms with Crippen LogP contribution in [0.1, 0.15) is 15.9 Å². The molecule has 0 spiro atoms. The zero-order chi connectivity index (χ0) is 18.7. The number of benzene rings is 2. The molecule has 0 aliphatic carbocycles. The van der Waals surface area contributed by atoms with Gasteiger partial charge in [-0.2, -0.15) is 0 Å². The summed E-state index contributed by atoms with van der Waals surface area (Å²) in [5, 5.41) is 13.8. The van der Waals surface area contributed by atoms with E-state index in [9.17, 15) is 19.7 Å². The number of hydrogen-bond donors (Lipinski definition) is 2. The van der Waals surface area contributed by atoms with Gasteiger partial charge in [-0.3, -0.25) is 19.7 Å². The molecule has 1 heterocycles. The summed E-state index contributed by atoms with van der Waals surface area (Å²) in [6.45, 7) is -0.0125. The molecule has 1 aliphatic rings. The molecule has 3 N–H and O–H groups in total. The van der Waals surface area contributed by atoms with E-state index in [1.54, 1.807) is 0 Å². The SMILES string of the molecule is NC(=O)c1ccc(NC(=O)/C=C/c2cc3c(cc2[N+](=O)[O-])OCO3)cc1. The van der Waals surface area contributed by atoms with Gasteiger partial charge in [0.05, 0.1) is 16.6 Å². The van der Waals surface area contributed by atoms with E-state index < -0.39 is 16.7 Å². The molecule has 9 heteroatoms. The fraction of sp³-hybridized carbons (Fsp3) is 0.0588.